The third-order valence-corrected chi connectivity index (χ3v) is 6.00. The van der Waals surface area contributed by atoms with Gasteiger partial charge >= 0.3 is 0 Å². The van der Waals surface area contributed by atoms with Crippen LogP contribution in [-0.2, 0) is 13.1 Å². The predicted molar refractivity (Wildman–Crippen MR) is 118 cm³/mol. The van der Waals surface area contributed by atoms with Crippen LogP contribution in [0.25, 0.3) is 11.0 Å². The van der Waals surface area contributed by atoms with Crippen LogP contribution < -0.4 is 0 Å². The third-order valence-electron chi connectivity index (χ3n) is 5.02. The Hall–Kier alpha value is -2.14. The smallest absolute Gasteiger partial charge is 0.264 e. The molecule has 0 aliphatic heterocycles. The summed E-state index contributed by atoms with van der Waals surface area (Å²) in [6.07, 6.45) is 3.24. The molecule has 0 N–H and O–H groups in total. The number of nitrogens with zero attached hydrogens (tertiary/aromatic N) is 3. The molecule has 2 aromatic heterocycles. The topological polar surface area (TPSA) is 38.1 Å². The zero-order valence-electron chi connectivity index (χ0n) is 17.4. The van der Waals surface area contributed by atoms with E-state index in [-0.39, 0.29) is 5.91 Å². The van der Waals surface area contributed by atoms with Crippen molar-refractivity contribution in [2.24, 2.45) is 5.92 Å². The fraction of sp³-hybridized carbons (Fsp3) is 0.478. The molecule has 0 saturated heterocycles. The Morgan fingerprint density at radius 1 is 1.21 bits per heavy atom. The average Bonchev–Trinajstić information content (AvgIpc) is 3.26. The minimum Gasteiger partial charge on any atom is -0.330 e. The second kappa shape index (κ2) is 9.37. The van der Waals surface area contributed by atoms with Crippen LogP contribution >= 0.6 is 11.3 Å². The predicted octanol–water partition coefficient (Wildman–Crippen LogP) is 5.89. The molecule has 4 nitrogen and oxygen atoms in total. The molecule has 0 saturated carbocycles. The van der Waals surface area contributed by atoms with E-state index in [1.807, 2.05) is 30.0 Å². The maximum absolute atomic E-state index is 13.2. The molecule has 5 heteroatoms. The standard InChI is InChI=1S/C23H31N3OS/c1-5-6-14-26-20-10-8-7-9-19(20)24-22(26)16-25(15-13-17(2)3)23(27)21-12-11-18(4)28-21/h7-12,17H,5-6,13-16H2,1-4H3. The van der Waals surface area contributed by atoms with Gasteiger partial charge in [0.1, 0.15) is 5.82 Å². The highest BCUT2D eigenvalue weighted by atomic mass is 32.1. The maximum atomic E-state index is 13.2. The molecule has 0 aliphatic rings. The molecule has 1 aromatic carbocycles. The van der Waals surface area contributed by atoms with E-state index in [9.17, 15) is 4.79 Å². The lowest BCUT2D eigenvalue weighted by molar-refractivity contribution is 0.0734. The number of unbranched alkanes of at least 4 members (excludes halogenated alkanes) is 1. The number of fused-ring (bicyclic) bond motifs is 1. The van der Waals surface area contributed by atoms with Gasteiger partial charge in [-0.3, -0.25) is 4.79 Å². The summed E-state index contributed by atoms with van der Waals surface area (Å²) in [5.41, 5.74) is 2.17. The molecule has 0 unspecified atom stereocenters. The molecule has 150 valence electrons. The van der Waals surface area contributed by atoms with E-state index in [2.05, 4.69) is 43.5 Å². The number of imidazole rings is 1. The average molecular weight is 398 g/mol. The summed E-state index contributed by atoms with van der Waals surface area (Å²) in [5.74, 6) is 1.66. The lowest BCUT2D eigenvalue weighted by Crippen LogP contribution is -2.33. The van der Waals surface area contributed by atoms with Gasteiger partial charge < -0.3 is 9.47 Å². The van der Waals surface area contributed by atoms with Gasteiger partial charge in [-0.25, -0.2) is 4.98 Å². The molecule has 1 amide bonds. The highest BCUT2D eigenvalue weighted by Gasteiger charge is 2.21. The molecular formula is C23H31N3OS. The van der Waals surface area contributed by atoms with Crippen LogP contribution in [0, 0.1) is 12.8 Å². The fourth-order valence-corrected chi connectivity index (χ4v) is 4.19. The van der Waals surface area contributed by atoms with Crippen molar-refractivity contribution < 1.29 is 4.79 Å². The summed E-state index contributed by atoms with van der Waals surface area (Å²) in [6.45, 7) is 10.9. The molecule has 0 atom stereocenters. The summed E-state index contributed by atoms with van der Waals surface area (Å²) in [7, 11) is 0. The van der Waals surface area contributed by atoms with Crippen LogP contribution in [0.15, 0.2) is 36.4 Å². The zero-order valence-corrected chi connectivity index (χ0v) is 18.3. The van der Waals surface area contributed by atoms with E-state index < -0.39 is 0 Å². The quantitative estimate of drug-likeness (QED) is 0.451. The van der Waals surface area contributed by atoms with Gasteiger partial charge in [0, 0.05) is 18.0 Å². The molecule has 0 spiro atoms. The molecule has 2 heterocycles. The monoisotopic (exact) mass is 397 g/mol. The van der Waals surface area contributed by atoms with Gasteiger partial charge in [0.05, 0.1) is 22.5 Å². The minimum atomic E-state index is 0.118. The van der Waals surface area contributed by atoms with Crippen molar-refractivity contribution in [1.29, 1.82) is 0 Å². The number of aryl methyl sites for hydroxylation is 2. The highest BCUT2D eigenvalue weighted by Crippen LogP contribution is 2.22. The normalized spacial score (nSPS) is 11.5. The van der Waals surface area contributed by atoms with Gasteiger partial charge in [-0.1, -0.05) is 39.3 Å². The van der Waals surface area contributed by atoms with Crippen LogP contribution in [-0.4, -0.2) is 26.9 Å². The first-order chi connectivity index (χ1) is 13.5. The summed E-state index contributed by atoms with van der Waals surface area (Å²) >= 11 is 1.57. The largest absolute Gasteiger partial charge is 0.330 e. The highest BCUT2D eigenvalue weighted by molar-refractivity contribution is 7.13. The second-order valence-corrected chi connectivity index (χ2v) is 9.13. The Morgan fingerprint density at radius 2 is 2.00 bits per heavy atom. The Balaban J connectivity index is 1.92. The van der Waals surface area contributed by atoms with Crippen molar-refractivity contribution in [2.45, 2.75) is 60.0 Å². The van der Waals surface area contributed by atoms with E-state index in [0.29, 0.717) is 12.5 Å². The van der Waals surface area contributed by atoms with E-state index in [0.717, 1.165) is 54.1 Å². The number of carbonyl (C=O) groups is 1. The number of para-hydroxylation sites is 2. The Bertz CT molecular complexity index is 925. The van der Waals surface area contributed by atoms with Gasteiger partial charge in [0.15, 0.2) is 0 Å². The molecule has 0 fully saturated rings. The van der Waals surface area contributed by atoms with E-state index in [4.69, 9.17) is 4.98 Å². The molecule has 0 radical (unpaired) electrons. The second-order valence-electron chi connectivity index (χ2n) is 7.84. The number of thiophene rings is 1. The van der Waals surface area contributed by atoms with Crippen molar-refractivity contribution in [1.82, 2.24) is 14.5 Å². The number of benzene rings is 1. The lowest BCUT2D eigenvalue weighted by Gasteiger charge is -2.23. The molecule has 0 bridgehead atoms. The summed E-state index contributed by atoms with van der Waals surface area (Å²) in [5, 5.41) is 0. The number of rotatable bonds is 9. The van der Waals surface area contributed by atoms with Crippen LogP contribution in [0.5, 0.6) is 0 Å². The maximum Gasteiger partial charge on any atom is 0.264 e. The van der Waals surface area contributed by atoms with Gasteiger partial charge in [-0.05, 0) is 49.9 Å². The van der Waals surface area contributed by atoms with Crippen molar-refractivity contribution in [3.63, 3.8) is 0 Å². The molecule has 28 heavy (non-hydrogen) atoms. The minimum absolute atomic E-state index is 0.118. The van der Waals surface area contributed by atoms with Crippen molar-refractivity contribution in [2.75, 3.05) is 6.54 Å². The van der Waals surface area contributed by atoms with Crippen LogP contribution in [0.1, 0.15) is 60.4 Å². The SMILES string of the molecule is CCCCn1c(CN(CCC(C)C)C(=O)c2ccc(C)s2)nc2ccccc21. The van der Waals surface area contributed by atoms with E-state index in [1.54, 1.807) is 11.3 Å². The molecule has 3 rings (SSSR count). The van der Waals surface area contributed by atoms with Crippen LogP contribution in [0.2, 0.25) is 0 Å². The van der Waals surface area contributed by atoms with Crippen LogP contribution in [0.3, 0.4) is 0 Å². The van der Waals surface area contributed by atoms with Crippen LogP contribution in [0.4, 0.5) is 0 Å². The lowest BCUT2D eigenvalue weighted by atomic mass is 10.1. The molecule has 0 aliphatic carbocycles. The third kappa shape index (κ3) is 4.82. The first kappa shape index (κ1) is 20.6. The summed E-state index contributed by atoms with van der Waals surface area (Å²) in [6, 6.07) is 12.3. The fourth-order valence-electron chi connectivity index (χ4n) is 3.35. The Kier molecular flexibility index (Phi) is 6.89. The summed E-state index contributed by atoms with van der Waals surface area (Å²) < 4.78 is 2.30. The van der Waals surface area contributed by atoms with Crippen molar-refractivity contribution in [3.8, 4) is 0 Å². The van der Waals surface area contributed by atoms with Gasteiger partial charge in [0.2, 0.25) is 0 Å². The van der Waals surface area contributed by atoms with E-state index >= 15 is 0 Å². The summed E-state index contributed by atoms with van der Waals surface area (Å²) in [4.78, 5) is 22.1. The van der Waals surface area contributed by atoms with E-state index in [1.165, 1.54) is 4.88 Å². The van der Waals surface area contributed by atoms with Crippen molar-refractivity contribution in [3.05, 3.63) is 52.0 Å². The first-order valence-electron chi connectivity index (χ1n) is 10.3. The number of carbonyl (C=O) groups excluding carboxylic acids is 1. The van der Waals surface area contributed by atoms with Gasteiger partial charge in [0.25, 0.3) is 5.91 Å². The van der Waals surface area contributed by atoms with Crippen molar-refractivity contribution >= 4 is 28.3 Å². The number of amides is 1. The Labute approximate surface area is 172 Å². The molecular weight excluding hydrogens is 366 g/mol. The number of aromatic nitrogens is 2. The number of hydrogen-bond acceptors (Lipinski definition) is 3. The van der Waals surface area contributed by atoms with Gasteiger partial charge in [-0.2, -0.15) is 0 Å². The Morgan fingerprint density at radius 3 is 2.68 bits per heavy atom. The van der Waals surface area contributed by atoms with Gasteiger partial charge in [-0.15, -0.1) is 11.3 Å². The first-order valence-corrected chi connectivity index (χ1v) is 11.1. The molecule has 3 aromatic rings. The zero-order chi connectivity index (χ0) is 20.1. The number of hydrogen-bond donors (Lipinski definition) is 0.